The molecule has 2 aliphatic rings. The Kier molecular flexibility index (Phi) is 12.0. The molecule has 2 N–H and O–H groups in total. The van der Waals surface area contributed by atoms with E-state index in [1.165, 1.54) is 34.1 Å². The van der Waals surface area contributed by atoms with Gasteiger partial charge in [0.25, 0.3) is 10.5 Å². The molecule has 2 saturated heterocycles. The fourth-order valence-corrected chi connectivity index (χ4v) is 7.14. The number of thioether (sulfide) groups is 2. The number of nitrogens with zero attached hydrogens (tertiary/aromatic N) is 2. The van der Waals surface area contributed by atoms with Gasteiger partial charge in [0, 0.05) is 37.3 Å². The molecule has 0 aliphatic carbocycles. The molecule has 16 heteroatoms. The first-order chi connectivity index (χ1) is 22.0. The van der Waals surface area contributed by atoms with Crippen LogP contribution in [0.25, 0.3) is 0 Å². The second kappa shape index (κ2) is 15.9. The van der Waals surface area contributed by atoms with E-state index in [0.29, 0.717) is 32.3 Å². The molecule has 4 amide bonds. The van der Waals surface area contributed by atoms with Gasteiger partial charge >= 0.3 is 11.9 Å². The average Bonchev–Trinajstić information content (AvgIpc) is 3.47. The number of ether oxygens (including phenoxy) is 2. The van der Waals surface area contributed by atoms with Crippen molar-refractivity contribution in [1.82, 2.24) is 9.80 Å². The Morgan fingerprint density at radius 1 is 0.652 bits per heavy atom. The highest BCUT2D eigenvalue weighted by molar-refractivity contribution is 8.23. The molecule has 2 aromatic rings. The number of hydrogen-bond acceptors (Lipinski definition) is 12. The van der Waals surface area contributed by atoms with E-state index in [1.807, 2.05) is 0 Å². The summed E-state index contributed by atoms with van der Waals surface area (Å²) in [6, 6.07) is 12.4. The minimum Gasteiger partial charge on any atom is -0.462 e. The Morgan fingerprint density at radius 3 is 1.33 bits per heavy atom. The van der Waals surface area contributed by atoms with Crippen molar-refractivity contribution in [3.8, 4) is 0 Å². The first kappa shape index (κ1) is 34.7. The first-order valence-corrected chi connectivity index (χ1v) is 16.4. The van der Waals surface area contributed by atoms with Crippen LogP contribution in [-0.4, -0.2) is 80.3 Å². The summed E-state index contributed by atoms with van der Waals surface area (Å²) in [5.41, 5.74) is 1.65. The minimum absolute atomic E-state index is 0.00418. The van der Waals surface area contributed by atoms with E-state index in [4.69, 9.17) is 33.9 Å². The molecule has 240 valence electrons. The van der Waals surface area contributed by atoms with E-state index < -0.39 is 22.4 Å². The van der Waals surface area contributed by atoms with Crippen LogP contribution in [0.3, 0.4) is 0 Å². The molecule has 2 aromatic carbocycles. The normalized spacial score (nSPS) is 16.1. The standard InChI is InChI=1S/C30H28N4O8S4/c1-3-41-27(37)17-5-9-19(10-6-17)31-21(35)13-15-33-25(43)23(45-29(33)39)24-26(44)34(30(40)46-24)16-14-22(36)32-20-11-7-18(8-12-20)28(38)42-4-2/h5-12H,3-4,13-16H2,1-2H3,(H,31,35)(H,32,36). The van der Waals surface area contributed by atoms with E-state index >= 15 is 0 Å². The highest BCUT2D eigenvalue weighted by Crippen LogP contribution is 2.43. The number of carbonyl (C=O) groups excluding carboxylic acids is 6. The van der Waals surface area contributed by atoms with Crippen molar-refractivity contribution in [2.24, 2.45) is 0 Å². The van der Waals surface area contributed by atoms with Gasteiger partial charge in [-0.2, -0.15) is 0 Å². The van der Waals surface area contributed by atoms with E-state index in [0.717, 1.165) is 23.5 Å². The fraction of sp³-hybridized carbons (Fsp3) is 0.267. The van der Waals surface area contributed by atoms with E-state index in [-0.39, 0.29) is 60.9 Å². The van der Waals surface area contributed by atoms with Gasteiger partial charge in [0.15, 0.2) is 0 Å². The number of carbonyl (C=O) groups is 6. The van der Waals surface area contributed by atoms with Gasteiger partial charge in [-0.3, -0.25) is 29.0 Å². The molecule has 0 saturated carbocycles. The summed E-state index contributed by atoms with van der Waals surface area (Å²) in [6.07, 6.45) is -0.115. The lowest BCUT2D eigenvalue weighted by Crippen LogP contribution is -2.32. The lowest BCUT2D eigenvalue weighted by atomic mass is 10.2. The third-order valence-corrected chi connectivity index (χ3v) is 9.62. The van der Waals surface area contributed by atoms with Crippen LogP contribution in [0, 0.1) is 0 Å². The predicted octanol–water partition coefficient (Wildman–Crippen LogP) is 5.60. The largest absolute Gasteiger partial charge is 0.462 e. The topological polar surface area (TPSA) is 151 Å². The van der Waals surface area contributed by atoms with Crippen LogP contribution in [-0.2, 0) is 19.1 Å². The average molecular weight is 701 g/mol. The smallest absolute Gasteiger partial charge is 0.338 e. The summed E-state index contributed by atoms with van der Waals surface area (Å²) in [5, 5.41) is 4.62. The van der Waals surface area contributed by atoms with Crippen LogP contribution >= 0.6 is 48.0 Å². The molecular weight excluding hydrogens is 673 g/mol. The highest BCUT2D eigenvalue weighted by atomic mass is 32.2. The van der Waals surface area contributed by atoms with Crippen molar-refractivity contribution in [3.05, 3.63) is 69.5 Å². The Labute approximate surface area is 283 Å². The summed E-state index contributed by atoms with van der Waals surface area (Å²) >= 11 is 12.7. The number of anilines is 2. The monoisotopic (exact) mass is 700 g/mol. The first-order valence-electron chi connectivity index (χ1n) is 14.0. The van der Waals surface area contributed by atoms with Gasteiger partial charge in [-0.25, -0.2) is 9.59 Å². The number of benzene rings is 2. The zero-order chi connectivity index (χ0) is 33.4. The van der Waals surface area contributed by atoms with Crippen molar-refractivity contribution in [1.29, 1.82) is 0 Å². The number of nitrogens with one attached hydrogen (secondary N) is 2. The van der Waals surface area contributed by atoms with E-state index in [9.17, 15) is 28.8 Å². The maximum absolute atomic E-state index is 12.8. The van der Waals surface area contributed by atoms with Gasteiger partial charge < -0.3 is 20.1 Å². The van der Waals surface area contributed by atoms with E-state index in [2.05, 4.69) is 10.6 Å². The molecule has 46 heavy (non-hydrogen) atoms. The van der Waals surface area contributed by atoms with Crippen molar-refractivity contribution in [3.63, 3.8) is 0 Å². The molecule has 0 bridgehead atoms. The van der Waals surface area contributed by atoms with Crippen LogP contribution in [0.15, 0.2) is 58.3 Å². The Hall–Kier alpha value is -4.12. The second-order valence-electron chi connectivity index (χ2n) is 9.50. The lowest BCUT2D eigenvalue weighted by Gasteiger charge is -2.16. The number of thiocarbonyl (C=S) groups is 2. The summed E-state index contributed by atoms with van der Waals surface area (Å²) in [5.74, 6) is -1.66. The molecule has 2 fully saturated rings. The molecular formula is C30H28N4O8S4. The third kappa shape index (κ3) is 8.57. The predicted molar refractivity (Wildman–Crippen MR) is 183 cm³/mol. The minimum atomic E-state index is -0.463. The molecule has 4 rings (SSSR count). The van der Waals surface area contributed by atoms with Crippen LogP contribution in [0.2, 0.25) is 0 Å². The molecule has 0 atom stereocenters. The SMILES string of the molecule is CCOC(=O)c1ccc(NC(=O)CCN2C(=O)SC(=C3SC(=O)N(CCC(=O)Nc4ccc(C(=O)OCC)cc4)C3=S)C2=S)cc1. The summed E-state index contributed by atoms with van der Waals surface area (Å²) < 4.78 is 9.89. The van der Waals surface area contributed by atoms with Gasteiger partial charge in [-0.15, -0.1) is 0 Å². The maximum Gasteiger partial charge on any atom is 0.338 e. The number of esters is 2. The van der Waals surface area contributed by atoms with Crippen LogP contribution in [0.4, 0.5) is 21.0 Å². The van der Waals surface area contributed by atoms with Gasteiger partial charge in [0.05, 0.1) is 34.2 Å². The molecule has 12 nitrogen and oxygen atoms in total. The van der Waals surface area contributed by atoms with Crippen molar-refractivity contribution < 1.29 is 38.2 Å². The molecule has 0 aromatic heterocycles. The quantitative estimate of drug-likeness (QED) is 0.161. The summed E-state index contributed by atoms with van der Waals surface area (Å²) in [7, 11) is 0. The summed E-state index contributed by atoms with van der Waals surface area (Å²) in [6.45, 7) is 3.93. The highest BCUT2D eigenvalue weighted by Gasteiger charge is 2.41. The third-order valence-electron chi connectivity index (χ3n) is 6.39. The lowest BCUT2D eigenvalue weighted by molar-refractivity contribution is -0.117. The number of amides is 4. The second-order valence-corrected chi connectivity index (χ2v) is 12.2. The van der Waals surface area contributed by atoms with Crippen LogP contribution in [0.1, 0.15) is 47.4 Å². The van der Waals surface area contributed by atoms with Crippen LogP contribution < -0.4 is 10.6 Å². The van der Waals surface area contributed by atoms with Crippen LogP contribution in [0.5, 0.6) is 0 Å². The van der Waals surface area contributed by atoms with Crippen molar-refractivity contribution in [2.45, 2.75) is 26.7 Å². The Bertz CT molecular complexity index is 1510. The van der Waals surface area contributed by atoms with Gasteiger partial charge in [-0.1, -0.05) is 24.4 Å². The van der Waals surface area contributed by atoms with Crippen molar-refractivity contribution in [2.75, 3.05) is 36.9 Å². The van der Waals surface area contributed by atoms with Gasteiger partial charge in [-0.05, 0) is 85.9 Å². The molecule has 0 unspecified atom stereocenters. The molecule has 2 heterocycles. The molecule has 0 spiro atoms. The van der Waals surface area contributed by atoms with Crippen molar-refractivity contribution >= 4 is 104 Å². The Balaban J connectivity index is 1.29. The molecule has 2 aliphatic heterocycles. The zero-order valence-electron chi connectivity index (χ0n) is 24.7. The van der Waals surface area contributed by atoms with Gasteiger partial charge in [0.1, 0.15) is 9.98 Å². The molecule has 0 radical (unpaired) electrons. The zero-order valence-corrected chi connectivity index (χ0v) is 27.9. The van der Waals surface area contributed by atoms with E-state index in [1.54, 1.807) is 38.1 Å². The maximum atomic E-state index is 12.8. The Morgan fingerprint density at radius 2 is 1.00 bits per heavy atom. The fourth-order valence-electron chi connectivity index (χ4n) is 4.14. The number of rotatable bonds is 12. The summed E-state index contributed by atoms with van der Waals surface area (Å²) in [4.78, 5) is 77.9. The number of hydrogen-bond donors (Lipinski definition) is 2. The van der Waals surface area contributed by atoms with Gasteiger partial charge in [0.2, 0.25) is 11.8 Å².